The summed E-state index contributed by atoms with van der Waals surface area (Å²) in [6, 6.07) is 3.54. The molecule has 1 heterocycles. The summed E-state index contributed by atoms with van der Waals surface area (Å²) in [5.41, 5.74) is 0.992. The van der Waals surface area contributed by atoms with E-state index >= 15 is 0 Å². The lowest BCUT2D eigenvalue weighted by atomic mass is 10.3. The molecule has 1 N–H and O–H groups in total. The smallest absolute Gasteiger partial charge is 0.142 e. The van der Waals surface area contributed by atoms with Crippen LogP contribution in [0.5, 0.6) is 0 Å². The van der Waals surface area contributed by atoms with Crippen molar-refractivity contribution in [2.45, 2.75) is 6.92 Å². The van der Waals surface area contributed by atoms with Crippen LogP contribution in [0.25, 0.3) is 0 Å². The second kappa shape index (κ2) is 2.19. The second-order valence-electron chi connectivity index (χ2n) is 1.89. The fraction of sp³-hybridized carbons (Fsp3) is 0.167. The maximum atomic E-state index is 8.91. The Morgan fingerprint density at radius 1 is 1.56 bits per heavy atom. The Hall–Kier alpha value is -0.830. The van der Waals surface area contributed by atoms with Crippen LogP contribution in [-0.2, 0) is 0 Å². The molecule has 0 aromatic carbocycles. The van der Waals surface area contributed by atoms with Gasteiger partial charge in [-0.3, -0.25) is 0 Å². The first-order valence-electron chi connectivity index (χ1n) is 2.59. The number of hydrogen-bond acceptors (Lipinski definition) is 2. The van der Waals surface area contributed by atoms with Crippen LogP contribution >= 0.6 is 12.2 Å². The molecular weight excluding hydrogens is 134 g/mol. The van der Waals surface area contributed by atoms with E-state index < -0.39 is 0 Å². The fourth-order valence-electron chi connectivity index (χ4n) is 0.579. The average Bonchev–Trinajstić information content (AvgIpc) is 1.80. The first-order valence-corrected chi connectivity index (χ1v) is 2.99. The molecule has 0 spiro atoms. The van der Waals surface area contributed by atoms with Crippen molar-refractivity contribution in [3.05, 3.63) is 28.5 Å². The van der Waals surface area contributed by atoms with E-state index in [1.54, 1.807) is 12.3 Å². The standard InChI is InChI=1S/C6H7NOS/c1-5-2-3-6(9)7(8)4-5/h2-4,8H,1H3. The van der Waals surface area contributed by atoms with Crippen molar-refractivity contribution in [3.63, 3.8) is 0 Å². The largest absolute Gasteiger partial charge is 0.428 e. The number of pyridine rings is 1. The summed E-state index contributed by atoms with van der Waals surface area (Å²) in [4.78, 5) is 0. The van der Waals surface area contributed by atoms with Crippen LogP contribution in [0.15, 0.2) is 18.3 Å². The summed E-state index contributed by atoms with van der Waals surface area (Å²) in [5.74, 6) is 0. The molecule has 0 fully saturated rings. The molecule has 9 heavy (non-hydrogen) atoms. The predicted octanol–water partition coefficient (Wildman–Crippen LogP) is 1.76. The van der Waals surface area contributed by atoms with Crippen LogP contribution in [0.2, 0.25) is 0 Å². The maximum absolute atomic E-state index is 8.91. The lowest BCUT2D eigenvalue weighted by molar-refractivity contribution is 0.180. The molecule has 0 atom stereocenters. The summed E-state index contributed by atoms with van der Waals surface area (Å²) in [6.07, 6.45) is 1.57. The zero-order chi connectivity index (χ0) is 6.85. The Kier molecular flexibility index (Phi) is 1.53. The van der Waals surface area contributed by atoms with Gasteiger partial charge in [-0.05, 0) is 18.6 Å². The van der Waals surface area contributed by atoms with Crippen LogP contribution in [-0.4, -0.2) is 9.94 Å². The Morgan fingerprint density at radius 2 is 2.22 bits per heavy atom. The summed E-state index contributed by atoms with van der Waals surface area (Å²) >= 11 is 4.73. The highest BCUT2D eigenvalue weighted by molar-refractivity contribution is 7.71. The lowest BCUT2D eigenvalue weighted by Gasteiger charge is -1.95. The minimum absolute atomic E-state index is 0.431. The molecule has 0 aliphatic carbocycles. The first kappa shape index (κ1) is 6.29. The van der Waals surface area contributed by atoms with Gasteiger partial charge in [0, 0.05) is 6.20 Å². The van der Waals surface area contributed by atoms with Crippen LogP contribution in [0.4, 0.5) is 0 Å². The third-order valence-corrected chi connectivity index (χ3v) is 1.36. The van der Waals surface area contributed by atoms with Gasteiger partial charge in [-0.15, -0.1) is 0 Å². The number of aromatic nitrogens is 1. The van der Waals surface area contributed by atoms with E-state index in [2.05, 4.69) is 0 Å². The summed E-state index contributed by atoms with van der Waals surface area (Å²) in [5, 5.41) is 8.91. The van der Waals surface area contributed by atoms with Gasteiger partial charge in [0.05, 0.1) is 0 Å². The molecule has 0 saturated heterocycles. The first-order chi connectivity index (χ1) is 4.20. The highest BCUT2D eigenvalue weighted by Crippen LogP contribution is 1.95. The normalized spacial score (nSPS) is 9.44. The van der Waals surface area contributed by atoms with E-state index in [1.807, 2.05) is 13.0 Å². The van der Waals surface area contributed by atoms with Crippen LogP contribution in [0.3, 0.4) is 0 Å². The molecule has 0 saturated carbocycles. The minimum atomic E-state index is 0.431. The van der Waals surface area contributed by atoms with Gasteiger partial charge in [-0.25, -0.2) is 0 Å². The zero-order valence-corrected chi connectivity index (χ0v) is 5.85. The van der Waals surface area contributed by atoms with E-state index in [0.717, 1.165) is 10.3 Å². The van der Waals surface area contributed by atoms with Gasteiger partial charge in [0.25, 0.3) is 0 Å². The molecule has 0 aliphatic rings. The highest BCUT2D eigenvalue weighted by atomic mass is 32.1. The average molecular weight is 141 g/mol. The van der Waals surface area contributed by atoms with E-state index in [0.29, 0.717) is 4.64 Å². The van der Waals surface area contributed by atoms with E-state index in [4.69, 9.17) is 17.4 Å². The van der Waals surface area contributed by atoms with Crippen molar-refractivity contribution in [2.75, 3.05) is 0 Å². The molecule has 48 valence electrons. The van der Waals surface area contributed by atoms with Gasteiger partial charge >= 0.3 is 0 Å². The Bertz CT molecular complexity index is 266. The van der Waals surface area contributed by atoms with Crippen LogP contribution in [0.1, 0.15) is 5.56 Å². The van der Waals surface area contributed by atoms with E-state index in [9.17, 15) is 0 Å². The monoisotopic (exact) mass is 141 g/mol. The van der Waals surface area contributed by atoms with Crippen molar-refractivity contribution in [1.82, 2.24) is 4.73 Å². The van der Waals surface area contributed by atoms with Crippen LogP contribution in [0, 0.1) is 11.6 Å². The summed E-state index contributed by atoms with van der Waals surface area (Å²) in [7, 11) is 0. The number of rotatable bonds is 0. The van der Waals surface area contributed by atoms with Crippen molar-refractivity contribution < 1.29 is 5.21 Å². The van der Waals surface area contributed by atoms with Crippen molar-refractivity contribution in [3.8, 4) is 0 Å². The number of aryl methyl sites for hydroxylation is 1. The molecule has 3 heteroatoms. The predicted molar refractivity (Wildman–Crippen MR) is 37.2 cm³/mol. The van der Waals surface area contributed by atoms with Gasteiger partial charge in [-0.1, -0.05) is 18.3 Å². The maximum Gasteiger partial charge on any atom is 0.142 e. The third-order valence-electron chi connectivity index (χ3n) is 1.04. The van der Waals surface area contributed by atoms with Gasteiger partial charge in [0.15, 0.2) is 0 Å². The summed E-state index contributed by atoms with van der Waals surface area (Å²) < 4.78 is 1.37. The van der Waals surface area contributed by atoms with Gasteiger partial charge in [0.2, 0.25) is 0 Å². The van der Waals surface area contributed by atoms with Crippen molar-refractivity contribution >= 4 is 12.2 Å². The van der Waals surface area contributed by atoms with Crippen molar-refractivity contribution in [1.29, 1.82) is 0 Å². The second-order valence-corrected chi connectivity index (χ2v) is 2.31. The summed E-state index contributed by atoms with van der Waals surface area (Å²) in [6.45, 7) is 1.89. The third kappa shape index (κ3) is 1.29. The number of hydrogen-bond donors (Lipinski definition) is 1. The molecule has 2 nitrogen and oxygen atoms in total. The molecule has 0 amide bonds. The van der Waals surface area contributed by atoms with Gasteiger partial charge in [0.1, 0.15) is 4.64 Å². The zero-order valence-electron chi connectivity index (χ0n) is 5.03. The van der Waals surface area contributed by atoms with Crippen LogP contribution < -0.4 is 0 Å². The van der Waals surface area contributed by atoms with Gasteiger partial charge in [-0.2, -0.15) is 4.73 Å². The Labute approximate surface area is 58.3 Å². The quantitative estimate of drug-likeness (QED) is 0.440. The molecular formula is C6H7NOS. The molecule has 1 aromatic rings. The Balaban J connectivity index is 3.34. The molecule has 1 aromatic heterocycles. The minimum Gasteiger partial charge on any atom is -0.428 e. The Morgan fingerprint density at radius 3 is 2.67 bits per heavy atom. The van der Waals surface area contributed by atoms with Gasteiger partial charge < -0.3 is 5.21 Å². The highest BCUT2D eigenvalue weighted by Gasteiger charge is 1.85. The molecule has 0 unspecified atom stereocenters. The fourth-order valence-corrected chi connectivity index (χ4v) is 0.699. The molecule has 0 aliphatic heterocycles. The van der Waals surface area contributed by atoms with E-state index in [1.165, 1.54) is 0 Å². The van der Waals surface area contributed by atoms with Crippen molar-refractivity contribution in [2.24, 2.45) is 0 Å². The topological polar surface area (TPSA) is 25.2 Å². The molecule has 0 bridgehead atoms. The molecule has 1 rings (SSSR count). The lowest BCUT2D eigenvalue weighted by Crippen LogP contribution is -1.92. The van der Waals surface area contributed by atoms with E-state index in [-0.39, 0.29) is 0 Å². The number of nitrogens with zero attached hydrogens (tertiary/aromatic N) is 1. The SMILES string of the molecule is Cc1ccc(=S)n(O)c1. The molecule has 0 radical (unpaired) electrons.